The van der Waals surface area contributed by atoms with Gasteiger partial charge in [0.2, 0.25) is 0 Å². The van der Waals surface area contributed by atoms with Crippen LogP contribution in [-0.2, 0) is 21.2 Å². The van der Waals surface area contributed by atoms with Crippen LogP contribution in [0.1, 0.15) is 37.9 Å². The van der Waals surface area contributed by atoms with Crippen LogP contribution in [0.3, 0.4) is 0 Å². The zero-order valence-electron chi connectivity index (χ0n) is 18.7. The summed E-state index contributed by atoms with van der Waals surface area (Å²) in [6, 6.07) is 1.48. The van der Waals surface area contributed by atoms with Crippen molar-refractivity contribution in [3.63, 3.8) is 0 Å². The van der Waals surface area contributed by atoms with Gasteiger partial charge in [0, 0.05) is 43.3 Å². The van der Waals surface area contributed by atoms with E-state index in [1.807, 2.05) is 0 Å². The predicted molar refractivity (Wildman–Crippen MR) is 118 cm³/mol. The normalized spacial score (nSPS) is 19.0. The molecule has 2 aliphatic heterocycles. The molecule has 0 bridgehead atoms. The summed E-state index contributed by atoms with van der Waals surface area (Å²) < 4.78 is 23.8. The van der Waals surface area contributed by atoms with Gasteiger partial charge >= 0.3 is 6.03 Å². The van der Waals surface area contributed by atoms with Gasteiger partial charge in [-0.25, -0.2) is 18.7 Å². The van der Waals surface area contributed by atoms with Crippen molar-refractivity contribution in [2.45, 2.75) is 38.0 Å². The number of rotatable bonds is 6. The number of sulfone groups is 1. The lowest BCUT2D eigenvalue weighted by Gasteiger charge is -2.44. The lowest BCUT2D eigenvalue weighted by Crippen LogP contribution is -2.53. The van der Waals surface area contributed by atoms with Gasteiger partial charge < -0.3 is 9.80 Å². The molecule has 10 heteroatoms. The zero-order valence-corrected chi connectivity index (χ0v) is 19.5. The van der Waals surface area contributed by atoms with E-state index in [-0.39, 0.29) is 31.0 Å². The minimum atomic E-state index is -3.82. The van der Waals surface area contributed by atoms with Gasteiger partial charge in [0.15, 0.2) is 14.6 Å². The van der Waals surface area contributed by atoms with Crippen molar-refractivity contribution in [2.75, 3.05) is 32.9 Å². The first-order chi connectivity index (χ1) is 14.9. The third-order valence-electron chi connectivity index (χ3n) is 6.41. The average molecular weight is 461 g/mol. The Morgan fingerprint density at radius 1 is 1.34 bits per heavy atom. The fourth-order valence-electron chi connectivity index (χ4n) is 4.05. The molecule has 1 aromatic heterocycles. The monoisotopic (exact) mass is 460 g/mol. The van der Waals surface area contributed by atoms with Crippen LogP contribution in [0.5, 0.6) is 0 Å². The van der Waals surface area contributed by atoms with Gasteiger partial charge in [0.1, 0.15) is 0 Å². The summed E-state index contributed by atoms with van der Waals surface area (Å²) in [5, 5.41) is 8.92. The number of hydrogen-bond donors (Lipinski definition) is 2. The molecule has 0 aromatic carbocycles. The van der Waals surface area contributed by atoms with Crippen molar-refractivity contribution in [1.82, 2.24) is 19.8 Å². The lowest BCUT2D eigenvalue weighted by molar-refractivity contribution is -0.131. The summed E-state index contributed by atoms with van der Waals surface area (Å²) >= 11 is 0. The largest absolute Gasteiger partial charge is 0.328 e. The predicted octanol–water partition coefficient (Wildman–Crippen LogP) is 0.667. The second-order valence-corrected chi connectivity index (χ2v) is 11.2. The summed E-state index contributed by atoms with van der Waals surface area (Å²) in [4.78, 5) is 28.3. The fraction of sp³-hybridized carbons (Fsp3) is 0.545. The van der Waals surface area contributed by atoms with Gasteiger partial charge in [0.25, 0.3) is 5.91 Å². The highest BCUT2D eigenvalue weighted by molar-refractivity contribution is 7.92. The zero-order chi connectivity index (χ0) is 23.7. The van der Waals surface area contributed by atoms with Crippen molar-refractivity contribution in [2.24, 2.45) is 5.41 Å². The number of hydroxylamine groups is 1. The molecule has 1 fully saturated rings. The third-order valence-corrected chi connectivity index (χ3v) is 8.43. The highest BCUT2D eigenvalue weighted by atomic mass is 32.2. The average Bonchev–Trinajstić information content (AvgIpc) is 3.24. The number of aromatic nitrogens is 1. The van der Waals surface area contributed by atoms with Crippen molar-refractivity contribution >= 4 is 21.8 Å². The smallest absolute Gasteiger partial charge is 0.318 e. The number of hydrogen-bond acceptors (Lipinski definition) is 6. The molecule has 2 N–H and O–H groups in total. The van der Waals surface area contributed by atoms with Crippen molar-refractivity contribution in [1.29, 1.82) is 0 Å². The Bertz CT molecular complexity index is 1160. The standard InChI is InChI=1S/C22H28N4O5S/c1-5-22(15-24(3)16-22)9-7-6-8-17-12-18-14-25(20(28)26(18)13-17)11-10-21(2,19(27)23-29)32(4,30)31/h12-13,29H,5,10-11,14-16H2,1-4H3,(H,23,27). The lowest BCUT2D eigenvalue weighted by atomic mass is 9.78. The topological polar surface area (TPSA) is 112 Å². The van der Waals surface area contributed by atoms with Crippen molar-refractivity contribution in [3.05, 3.63) is 23.5 Å². The Labute approximate surface area is 188 Å². The van der Waals surface area contributed by atoms with Gasteiger partial charge in [-0.05, 0) is 44.7 Å². The van der Waals surface area contributed by atoms with Gasteiger partial charge in [0.05, 0.1) is 12.0 Å². The molecule has 0 saturated carbocycles. The van der Waals surface area contributed by atoms with Crippen LogP contribution in [0.15, 0.2) is 12.3 Å². The Kier molecular flexibility index (Phi) is 6.43. The number of carbonyl (C=O) groups excluding carboxylic acids is 2. The van der Waals surface area contributed by atoms with E-state index < -0.39 is 20.5 Å². The summed E-state index contributed by atoms with van der Waals surface area (Å²) in [6.07, 6.45) is 3.40. The van der Waals surface area contributed by atoms with E-state index in [0.29, 0.717) is 5.56 Å². The van der Waals surface area contributed by atoms with E-state index in [4.69, 9.17) is 5.21 Å². The van der Waals surface area contributed by atoms with Crippen LogP contribution in [0.25, 0.3) is 0 Å². The molecule has 1 aromatic rings. The number of fused-ring (bicyclic) bond motifs is 1. The first kappa shape index (κ1) is 23.9. The second-order valence-electron chi connectivity index (χ2n) is 8.79. The molecule has 1 atom stereocenters. The number of amides is 2. The second kappa shape index (κ2) is 8.62. The highest BCUT2D eigenvalue weighted by Gasteiger charge is 2.44. The van der Waals surface area contributed by atoms with E-state index in [0.717, 1.165) is 31.5 Å². The van der Waals surface area contributed by atoms with E-state index >= 15 is 0 Å². The Morgan fingerprint density at radius 3 is 2.56 bits per heavy atom. The minimum absolute atomic E-state index is 0.0236. The molecular weight excluding hydrogens is 432 g/mol. The van der Waals surface area contributed by atoms with Crippen LogP contribution in [0, 0.1) is 29.1 Å². The van der Waals surface area contributed by atoms with Crippen LogP contribution < -0.4 is 5.48 Å². The Hall–Kier alpha value is -2.79. The molecule has 172 valence electrons. The number of carbonyl (C=O) groups is 2. The summed E-state index contributed by atoms with van der Waals surface area (Å²) in [5.41, 5.74) is 2.84. The van der Waals surface area contributed by atoms with Gasteiger partial charge in [-0.3, -0.25) is 14.6 Å². The van der Waals surface area contributed by atoms with Crippen LogP contribution in [0.4, 0.5) is 4.79 Å². The molecule has 0 aliphatic carbocycles. The van der Waals surface area contributed by atoms with E-state index in [9.17, 15) is 18.0 Å². The van der Waals surface area contributed by atoms with Gasteiger partial charge in [-0.15, -0.1) is 0 Å². The quantitative estimate of drug-likeness (QED) is 0.367. The summed E-state index contributed by atoms with van der Waals surface area (Å²) in [7, 11) is -1.76. The molecular formula is C22H28N4O5S. The maximum Gasteiger partial charge on any atom is 0.328 e. The number of nitrogens with one attached hydrogen (secondary N) is 1. The number of nitrogens with zero attached hydrogens (tertiary/aromatic N) is 3. The molecule has 3 heterocycles. The molecule has 9 nitrogen and oxygen atoms in total. The van der Waals surface area contributed by atoms with Crippen LogP contribution >= 0.6 is 0 Å². The van der Waals surface area contributed by atoms with E-state index in [2.05, 4.69) is 42.6 Å². The first-order valence-electron chi connectivity index (χ1n) is 10.3. The molecule has 2 amide bonds. The Balaban J connectivity index is 1.65. The first-order valence-corrected chi connectivity index (χ1v) is 12.2. The van der Waals surface area contributed by atoms with Crippen LogP contribution in [0.2, 0.25) is 0 Å². The third kappa shape index (κ3) is 4.40. The molecule has 0 spiro atoms. The van der Waals surface area contributed by atoms with E-state index in [1.165, 1.54) is 21.9 Å². The molecule has 2 aliphatic rings. The minimum Gasteiger partial charge on any atom is -0.318 e. The van der Waals surface area contributed by atoms with Crippen LogP contribution in [-0.4, -0.2) is 77.6 Å². The van der Waals surface area contributed by atoms with Gasteiger partial charge in [-0.2, -0.15) is 0 Å². The highest BCUT2D eigenvalue weighted by Crippen LogP contribution is 2.31. The fourth-order valence-corrected chi connectivity index (χ4v) is 4.89. The SMILES string of the molecule is CCC1(C#CC#Cc2cc3n(c2)C(=O)N(CCC(C)(C(=O)NO)S(C)(=O)=O)C3)CN(C)C1. The molecule has 0 radical (unpaired) electrons. The maximum atomic E-state index is 12.7. The van der Waals surface area contributed by atoms with E-state index in [1.54, 1.807) is 12.3 Å². The molecule has 3 rings (SSSR count). The molecule has 32 heavy (non-hydrogen) atoms. The maximum absolute atomic E-state index is 12.7. The molecule has 1 saturated heterocycles. The number of likely N-dealkylation sites (tertiary alicyclic amines) is 1. The summed E-state index contributed by atoms with van der Waals surface area (Å²) in [5.74, 6) is 11.0. The Morgan fingerprint density at radius 2 is 2.03 bits per heavy atom. The summed E-state index contributed by atoms with van der Waals surface area (Å²) in [6.45, 7) is 5.56. The van der Waals surface area contributed by atoms with Crippen molar-refractivity contribution in [3.8, 4) is 23.7 Å². The van der Waals surface area contributed by atoms with Crippen molar-refractivity contribution < 1.29 is 23.2 Å². The van der Waals surface area contributed by atoms with Gasteiger partial charge in [-0.1, -0.05) is 18.8 Å². The molecule has 1 unspecified atom stereocenters.